The maximum atomic E-state index is 12.4. The molecule has 1 aliphatic heterocycles. The number of aromatic nitrogens is 2. The summed E-state index contributed by atoms with van der Waals surface area (Å²) in [6.07, 6.45) is 3.93. The molecule has 1 aliphatic rings. The summed E-state index contributed by atoms with van der Waals surface area (Å²) in [6.45, 7) is 0.831. The van der Waals surface area contributed by atoms with Crippen LogP contribution >= 0.6 is 11.3 Å². The minimum atomic E-state index is 0.0477. The number of hydrogen-bond acceptors (Lipinski definition) is 3. The predicted molar refractivity (Wildman–Crippen MR) is 70.5 cm³/mol. The number of aryl methyl sites for hydroxylation is 1. The van der Waals surface area contributed by atoms with Crippen molar-refractivity contribution in [3.63, 3.8) is 0 Å². The molecular weight excluding hydrogens is 246 g/mol. The van der Waals surface area contributed by atoms with Crippen LogP contribution in [0.2, 0.25) is 0 Å². The van der Waals surface area contributed by atoms with Crippen LogP contribution in [0.4, 0.5) is 0 Å². The van der Waals surface area contributed by atoms with Crippen LogP contribution in [0.5, 0.6) is 0 Å². The molecule has 18 heavy (non-hydrogen) atoms. The standard InChI is InChI=1S/C13H15N3OS/c1-15-8-6-10(14-15)13(17)16-7-2-4-11(16)12-5-3-9-18-12/h3,5-6,8-9,11H,2,4,7H2,1H3/t11-/m0/s1. The van der Waals surface area contributed by atoms with Crippen LogP contribution in [0.1, 0.15) is 34.2 Å². The second kappa shape index (κ2) is 4.57. The molecule has 0 radical (unpaired) electrons. The third-order valence-electron chi connectivity index (χ3n) is 3.32. The number of carbonyl (C=O) groups excluding carboxylic acids is 1. The molecule has 0 unspecified atom stereocenters. The summed E-state index contributed by atoms with van der Waals surface area (Å²) in [5.41, 5.74) is 0.543. The maximum absolute atomic E-state index is 12.4. The van der Waals surface area contributed by atoms with E-state index in [-0.39, 0.29) is 11.9 Å². The first-order valence-electron chi connectivity index (χ1n) is 6.10. The molecule has 3 heterocycles. The van der Waals surface area contributed by atoms with Crippen LogP contribution in [0, 0.1) is 0 Å². The zero-order valence-electron chi connectivity index (χ0n) is 10.2. The van der Waals surface area contributed by atoms with Gasteiger partial charge in [0.25, 0.3) is 5.91 Å². The molecule has 2 aromatic rings. The quantitative estimate of drug-likeness (QED) is 0.833. The number of rotatable bonds is 2. The Labute approximate surface area is 110 Å². The molecule has 0 spiro atoms. The van der Waals surface area contributed by atoms with Gasteiger partial charge >= 0.3 is 0 Å². The van der Waals surface area contributed by atoms with Crippen molar-refractivity contribution in [2.24, 2.45) is 7.05 Å². The van der Waals surface area contributed by atoms with Crippen molar-refractivity contribution in [2.75, 3.05) is 6.54 Å². The number of amides is 1. The zero-order valence-corrected chi connectivity index (χ0v) is 11.1. The summed E-state index contributed by atoms with van der Waals surface area (Å²) < 4.78 is 1.67. The van der Waals surface area contributed by atoms with Crippen molar-refractivity contribution in [1.82, 2.24) is 14.7 Å². The molecule has 1 saturated heterocycles. The fraction of sp³-hybridized carbons (Fsp3) is 0.385. The Hall–Kier alpha value is -1.62. The van der Waals surface area contributed by atoms with Crippen molar-refractivity contribution in [3.05, 3.63) is 40.3 Å². The summed E-state index contributed by atoms with van der Waals surface area (Å²) in [6, 6.07) is 6.17. The minimum Gasteiger partial charge on any atom is -0.329 e. The average Bonchev–Trinajstić information content (AvgIpc) is 3.08. The number of thiophene rings is 1. The molecular formula is C13H15N3OS. The summed E-state index contributed by atoms with van der Waals surface area (Å²) in [5, 5.41) is 6.27. The Balaban J connectivity index is 1.85. The largest absolute Gasteiger partial charge is 0.329 e. The Kier molecular flexibility index (Phi) is 2.91. The highest BCUT2D eigenvalue weighted by atomic mass is 32.1. The number of likely N-dealkylation sites (tertiary alicyclic amines) is 1. The third kappa shape index (κ3) is 1.95. The van der Waals surface area contributed by atoms with Crippen molar-refractivity contribution >= 4 is 17.2 Å². The van der Waals surface area contributed by atoms with E-state index in [1.54, 1.807) is 22.1 Å². The van der Waals surface area contributed by atoms with Gasteiger partial charge in [-0.25, -0.2) is 0 Å². The lowest BCUT2D eigenvalue weighted by Gasteiger charge is -2.22. The molecule has 0 aromatic carbocycles. The van der Waals surface area contributed by atoms with Crippen LogP contribution in [0.15, 0.2) is 29.8 Å². The van der Waals surface area contributed by atoms with Gasteiger partial charge in [-0.15, -0.1) is 11.3 Å². The Morgan fingerprint density at radius 1 is 1.50 bits per heavy atom. The average molecular weight is 261 g/mol. The first-order valence-corrected chi connectivity index (χ1v) is 6.97. The molecule has 94 valence electrons. The van der Waals surface area contributed by atoms with Crippen LogP contribution in [-0.4, -0.2) is 27.1 Å². The van der Waals surface area contributed by atoms with Gasteiger partial charge in [0, 0.05) is 24.7 Å². The van der Waals surface area contributed by atoms with Gasteiger partial charge in [0.15, 0.2) is 0 Å². The highest BCUT2D eigenvalue weighted by Crippen LogP contribution is 2.35. The van der Waals surface area contributed by atoms with Gasteiger partial charge < -0.3 is 4.90 Å². The molecule has 1 amide bonds. The summed E-state index contributed by atoms with van der Waals surface area (Å²) in [5.74, 6) is 0.0477. The lowest BCUT2D eigenvalue weighted by Crippen LogP contribution is -2.30. The topological polar surface area (TPSA) is 38.1 Å². The van der Waals surface area contributed by atoms with Gasteiger partial charge in [0.2, 0.25) is 0 Å². The lowest BCUT2D eigenvalue weighted by atomic mass is 10.2. The SMILES string of the molecule is Cn1ccc(C(=O)N2CCC[C@H]2c2cccs2)n1. The van der Waals surface area contributed by atoms with E-state index in [2.05, 4.69) is 16.5 Å². The van der Waals surface area contributed by atoms with Gasteiger partial charge in [0.1, 0.15) is 5.69 Å². The summed E-state index contributed by atoms with van der Waals surface area (Å²) in [7, 11) is 1.83. The van der Waals surface area contributed by atoms with Crippen LogP contribution < -0.4 is 0 Å². The molecule has 0 saturated carbocycles. The molecule has 1 atom stereocenters. The first kappa shape index (κ1) is 11.5. The Bertz CT molecular complexity index is 546. The van der Waals surface area contributed by atoms with Gasteiger partial charge in [0.05, 0.1) is 6.04 Å². The van der Waals surface area contributed by atoms with E-state index >= 15 is 0 Å². The molecule has 0 aliphatic carbocycles. The minimum absolute atomic E-state index is 0.0477. The van der Waals surface area contributed by atoms with Crippen molar-refractivity contribution in [2.45, 2.75) is 18.9 Å². The number of carbonyl (C=O) groups is 1. The highest BCUT2D eigenvalue weighted by molar-refractivity contribution is 7.10. The van der Waals surface area contributed by atoms with Gasteiger partial charge in [-0.2, -0.15) is 5.10 Å². The predicted octanol–water partition coefficient (Wildman–Crippen LogP) is 2.46. The van der Waals surface area contributed by atoms with Crippen LogP contribution in [0.25, 0.3) is 0 Å². The van der Waals surface area contributed by atoms with E-state index in [0.717, 1.165) is 19.4 Å². The van der Waals surface area contributed by atoms with E-state index < -0.39 is 0 Å². The summed E-state index contributed by atoms with van der Waals surface area (Å²) in [4.78, 5) is 15.6. The van der Waals surface area contributed by atoms with Crippen molar-refractivity contribution in [3.8, 4) is 0 Å². The molecule has 3 rings (SSSR count). The van der Waals surface area contributed by atoms with E-state index in [1.807, 2.05) is 24.2 Å². The van der Waals surface area contributed by atoms with E-state index in [0.29, 0.717) is 5.69 Å². The zero-order chi connectivity index (χ0) is 12.5. The van der Waals surface area contributed by atoms with E-state index in [4.69, 9.17) is 0 Å². The van der Waals surface area contributed by atoms with E-state index in [9.17, 15) is 4.79 Å². The molecule has 0 N–H and O–H groups in total. The first-order chi connectivity index (χ1) is 8.75. The maximum Gasteiger partial charge on any atom is 0.274 e. The molecule has 5 heteroatoms. The fourth-order valence-electron chi connectivity index (χ4n) is 2.46. The number of hydrogen-bond donors (Lipinski definition) is 0. The second-order valence-corrected chi connectivity index (χ2v) is 5.53. The fourth-order valence-corrected chi connectivity index (χ4v) is 3.34. The Morgan fingerprint density at radius 2 is 2.39 bits per heavy atom. The van der Waals surface area contributed by atoms with Crippen molar-refractivity contribution < 1.29 is 4.79 Å². The normalized spacial score (nSPS) is 19.4. The molecule has 4 nitrogen and oxygen atoms in total. The second-order valence-electron chi connectivity index (χ2n) is 4.55. The number of nitrogens with zero attached hydrogens (tertiary/aromatic N) is 3. The van der Waals surface area contributed by atoms with Crippen molar-refractivity contribution in [1.29, 1.82) is 0 Å². The highest BCUT2D eigenvalue weighted by Gasteiger charge is 2.31. The van der Waals surface area contributed by atoms with Gasteiger partial charge in [-0.3, -0.25) is 9.48 Å². The molecule has 1 fully saturated rings. The monoisotopic (exact) mass is 261 g/mol. The van der Waals surface area contributed by atoms with Crippen LogP contribution in [0.3, 0.4) is 0 Å². The third-order valence-corrected chi connectivity index (χ3v) is 4.29. The van der Waals surface area contributed by atoms with E-state index in [1.165, 1.54) is 4.88 Å². The molecule has 0 bridgehead atoms. The smallest absolute Gasteiger partial charge is 0.274 e. The van der Waals surface area contributed by atoms with Gasteiger partial charge in [-0.1, -0.05) is 6.07 Å². The Morgan fingerprint density at radius 3 is 3.06 bits per heavy atom. The van der Waals surface area contributed by atoms with Gasteiger partial charge in [-0.05, 0) is 30.4 Å². The lowest BCUT2D eigenvalue weighted by molar-refractivity contribution is 0.0731. The summed E-state index contributed by atoms with van der Waals surface area (Å²) >= 11 is 1.72. The molecule has 2 aromatic heterocycles. The van der Waals surface area contributed by atoms with Crippen LogP contribution in [-0.2, 0) is 7.05 Å².